The van der Waals surface area contributed by atoms with E-state index in [2.05, 4.69) is 69.3 Å². The minimum Gasteiger partial charge on any atom is -0.340 e. The fourth-order valence-electron chi connectivity index (χ4n) is 5.51. The van der Waals surface area contributed by atoms with Gasteiger partial charge in [0.05, 0.1) is 0 Å². The van der Waals surface area contributed by atoms with Crippen molar-refractivity contribution >= 4 is 17.3 Å². The van der Waals surface area contributed by atoms with E-state index < -0.39 is 0 Å². The van der Waals surface area contributed by atoms with Crippen LogP contribution in [0.2, 0.25) is 0 Å². The summed E-state index contributed by atoms with van der Waals surface area (Å²) in [6, 6.07) is 20.4. The van der Waals surface area contributed by atoms with Gasteiger partial charge >= 0.3 is 0 Å². The van der Waals surface area contributed by atoms with Gasteiger partial charge in [-0.3, -0.25) is 9.69 Å². The van der Waals surface area contributed by atoms with Crippen LogP contribution in [0.25, 0.3) is 0 Å². The molecular weight excluding hydrogens is 372 g/mol. The lowest BCUT2D eigenvalue weighted by atomic mass is 9.89. The van der Waals surface area contributed by atoms with Crippen molar-refractivity contribution in [2.45, 2.75) is 25.3 Å². The van der Waals surface area contributed by atoms with Gasteiger partial charge < -0.3 is 14.7 Å². The SMILES string of the molecule is CC(=O)N1CCN(CCN2CCC3C(C2)c2ccccc2N3c2ccccc2)CC1. The number of piperidine rings is 1. The van der Waals surface area contributed by atoms with Crippen molar-refractivity contribution < 1.29 is 4.79 Å². The highest BCUT2D eigenvalue weighted by atomic mass is 16.2. The third kappa shape index (κ3) is 3.72. The Morgan fingerprint density at radius 1 is 0.867 bits per heavy atom. The molecule has 0 radical (unpaired) electrons. The highest BCUT2D eigenvalue weighted by molar-refractivity contribution is 5.73. The minimum absolute atomic E-state index is 0.208. The number of benzene rings is 2. The lowest BCUT2D eigenvalue weighted by molar-refractivity contribution is -0.130. The summed E-state index contributed by atoms with van der Waals surface area (Å²) in [5.74, 6) is 0.782. The maximum Gasteiger partial charge on any atom is 0.219 e. The second-order valence-electron chi connectivity index (χ2n) is 8.88. The van der Waals surface area contributed by atoms with Crippen LogP contribution in [0.3, 0.4) is 0 Å². The summed E-state index contributed by atoms with van der Waals surface area (Å²) in [5, 5.41) is 0. The molecule has 0 N–H and O–H groups in total. The maximum absolute atomic E-state index is 11.5. The summed E-state index contributed by atoms with van der Waals surface area (Å²) in [7, 11) is 0. The van der Waals surface area contributed by atoms with E-state index in [-0.39, 0.29) is 5.91 Å². The monoisotopic (exact) mass is 404 g/mol. The Bertz CT molecular complexity index is 878. The molecule has 0 aliphatic carbocycles. The van der Waals surface area contributed by atoms with Gasteiger partial charge in [0.1, 0.15) is 0 Å². The Morgan fingerprint density at radius 3 is 2.33 bits per heavy atom. The number of fused-ring (bicyclic) bond motifs is 3. The molecule has 5 nitrogen and oxygen atoms in total. The first-order valence-corrected chi connectivity index (χ1v) is 11.3. The van der Waals surface area contributed by atoms with Crippen molar-refractivity contribution in [2.75, 3.05) is 57.3 Å². The molecule has 2 atom stereocenters. The summed E-state index contributed by atoms with van der Waals surface area (Å²) in [4.78, 5) is 21.3. The summed E-state index contributed by atoms with van der Waals surface area (Å²) in [6.45, 7) is 9.96. The summed E-state index contributed by atoms with van der Waals surface area (Å²) in [6.07, 6.45) is 1.20. The molecule has 158 valence electrons. The Morgan fingerprint density at radius 2 is 1.57 bits per heavy atom. The topological polar surface area (TPSA) is 30.0 Å². The van der Waals surface area contributed by atoms with Crippen LogP contribution >= 0.6 is 0 Å². The summed E-state index contributed by atoms with van der Waals surface area (Å²) < 4.78 is 0. The first-order chi connectivity index (χ1) is 14.7. The lowest BCUT2D eigenvalue weighted by Crippen LogP contribution is -2.51. The van der Waals surface area contributed by atoms with Crippen LogP contribution in [0.5, 0.6) is 0 Å². The van der Waals surface area contributed by atoms with Crippen molar-refractivity contribution in [3.8, 4) is 0 Å². The molecule has 30 heavy (non-hydrogen) atoms. The van der Waals surface area contributed by atoms with Crippen molar-refractivity contribution in [3.63, 3.8) is 0 Å². The quantitative estimate of drug-likeness (QED) is 0.783. The molecule has 2 saturated heterocycles. The summed E-state index contributed by atoms with van der Waals surface area (Å²) in [5.41, 5.74) is 4.21. The zero-order chi connectivity index (χ0) is 20.5. The molecule has 3 aliphatic heterocycles. The van der Waals surface area contributed by atoms with Gasteiger partial charge in [-0.1, -0.05) is 36.4 Å². The molecule has 2 unspecified atom stereocenters. The third-order valence-electron chi connectivity index (χ3n) is 7.17. The highest BCUT2D eigenvalue weighted by Gasteiger charge is 2.42. The fraction of sp³-hybridized carbons (Fsp3) is 0.480. The number of likely N-dealkylation sites (tertiary alicyclic amines) is 1. The number of para-hydroxylation sites is 2. The molecule has 5 rings (SSSR count). The predicted molar refractivity (Wildman–Crippen MR) is 121 cm³/mol. The molecule has 0 aromatic heterocycles. The number of anilines is 2. The number of amides is 1. The number of carbonyl (C=O) groups is 1. The normalized spacial score (nSPS) is 24.6. The number of piperazine rings is 1. The molecule has 0 spiro atoms. The van der Waals surface area contributed by atoms with Gasteiger partial charge in [0.2, 0.25) is 5.91 Å². The Hall–Kier alpha value is -2.37. The van der Waals surface area contributed by atoms with E-state index in [0.717, 1.165) is 52.4 Å². The number of hydrogen-bond donors (Lipinski definition) is 0. The van der Waals surface area contributed by atoms with Crippen LogP contribution < -0.4 is 4.90 Å². The second-order valence-corrected chi connectivity index (χ2v) is 8.88. The van der Waals surface area contributed by atoms with Gasteiger partial charge in [-0.25, -0.2) is 0 Å². The van der Waals surface area contributed by atoms with Crippen molar-refractivity contribution in [2.24, 2.45) is 0 Å². The van der Waals surface area contributed by atoms with Crippen LogP contribution in [-0.4, -0.2) is 79.0 Å². The van der Waals surface area contributed by atoms with Crippen LogP contribution in [-0.2, 0) is 4.79 Å². The van der Waals surface area contributed by atoms with E-state index in [4.69, 9.17) is 0 Å². The molecule has 3 aliphatic rings. The van der Waals surface area contributed by atoms with E-state index >= 15 is 0 Å². The fourth-order valence-corrected chi connectivity index (χ4v) is 5.51. The Labute approximate surface area is 179 Å². The van der Waals surface area contributed by atoms with Crippen LogP contribution in [0.1, 0.15) is 24.8 Å². The zero-order valence-electron chi connectivity index (χ0n) is 17.9. The van der Waals surface area contributed by atoms with E-state index in [1.165, 1.54) is 23.4 Å². The van der Waals surface area contributed by atoms with E-state index in [9.17, 15) is 4.79 Å². The molecule has 2 aromatic rings. The third-order valence-corrected chi connectivity index (χ3v) is 7.17. The van der Waals surface area contributed by atoms with Crippen LogP contribution in [0, 0.1) is 0 Å². The minimum atomic E-state index is 0.208. The first-order valence-electron chi connectivity index (χ1n) is 11.3. The number of hydrogen-bond acceptors (Lipinski definition) is 4. The molecule has 0 saturated carbocycles. The standard InChI is InChI=1S/C25H32N4O/c1-20(30)28-17-15-26(16-18-28)13-14-27-12-11-25-23(19-27)22-9-5-6-10-24(22)29(25)21-7-3-2-4-8-21/h2-10,23,25H,11-19H2,1H3. The smallest absolute Gasteiger partial charge is 0.219 e. The lowest BCUT2D eigenvalue weighted by Gasteiger charge is -2.40. The van der Waals surface area contributed by atoms with Gasteiger partial charge in [0.25, 0.3) is 0 Å². The Balaban J connectivity index is 1.24. The molecule has 3 heterocycles. The number of carbonyl (C=O) groups excluding carboxylic acids is 1. The van der Waals surface area contributed by atoms with Crippen LogP contribution in [0.4, 0.5) is 11.4 Å². The number of rotatable bonds is 4. The van der Waals surface area contributed by atoms with E-state index in [1.54, 1.807) is 6.92 Å². The average Bonchev–Trinajstić information content (AvgIpc) is 3.12. The maximum atomic E-state index is 11.5. The predicted octanol–water partition coefficient (Wildman–Crippen LogP) is 3.16. The molecule has 2 fully saturated rings. The van der Waals surface area contributed by atoms with E-state index in [1.807, 2.05) is 4.90 Å². The van der Waals surface area contributed by atoms with E-state index in [0.29, 0.717) is 12.0 Å². The van der Waals surface area contributed by atoms with Crippen molar-refractivity contribution in [3.05, 3.63) is 60.2 Å². The Kier molecular flexibility index (Phi) is 5.48. The van der Waals surface area contributed by atoms with Crippen molar-refractivity contribution in [1.82, 2.24) is 14.7 Å². The molecule has 0 bridgehead atoms. The zero-order valence-corrected chi connectivity index (χ0v) is 17.9. The molecular formula is C25H32N4O. The van der Waals surface area contributed by atoms with Crippen molar-refractivity contribution in [1.29, 1.82) is 0 Å². The highest BCUT2D eigenvalue weighted by Crippen LogP contribution is 2.48. The second kappa shape index (κ2) is 8.40. The number of nitrogens with zero attached hydrogens (tertiary/aromatic N) is 4. The average molecular weight is 405 g/mol. The molecule has 2 aromatic carbocycles. The van der Waals surface area contributed by atoms with Gasteiger partial charge in [-0.05, 0) is 30.2 Å². The van der Waals surface area contributed by atoms with Gasteiger partial charge in [-0.2, -0.15) is 0 Å². The molecule has 5 heteroatoms. The summed E-state index contributed by atoms with van der Waals surface area (Å²) >= 11 is 0. The van der Waals surface area contributed by atoms with Gasteiger partial charge in [0, 0.05) is 82.6 Å². The first kappa shape index (κ1) is 19.6. The van der Waals surface area contributed by atoms with Gasteiger partial charge in [-0.15, -0.1) is 0 Å². The molecule has 1 amide bonds. The van der Waals surface area contributed by atoms with Gasteiger partial charge in [0.15, 0.2) is 0 Å². The largest absolute Gasteiger partial charge is 0.340 e. The van der Waals surface area contributed by atoms with Crippen LogP contribution in [0.15, 0.2) is 54.6 Å².